The molecule has 3 heterocycles. The van der Waals surface area contributed by atoms with Crippen LogP contribution in [0, 0.1) is 0 Å². The van der Waals surface area contributed by atoms with E-state index in [0.29, 0.717) is 11.3 Å². The van der Waals surface area contributed by atoms with Gasteiger partial charge in [0.05, 0.1) is 16.8 Å². The predicted octanol–water partition coefficient (Wildman–Crippen LogP) is 2.81. The molecule has 5 rings (SSSR count). The normalized spacial score (nSPS) is 11.1. The van der Waals surface area contributed by atoms with Crippen molar-refractivity contribution in [1.82, 2.24) is 19.6 Å². The molecule has 31 heavy (non-hydrogen) atoms. The molecule has 8 nitrogen and oxygen atoms in total. The molecule has 0 saturated heterocycles. The Hall–Kier alpha value is -4.59. The fourth-order valence-corrected chi connectivity index (χ4v) is 3.53. The molecule has 0 aliphatic heterocycles. The molecule has 2 amide bonds. The van der Waals surface area contributed by atoms with Gasteiger partial charge >= 0.3 is 0 Å². The zero-order valence-corrected chi connectivity index (χ0v) is 16.2. The van der Waals surface area contributed by atoms with E-state index in [-0.39, 0.29) is 16.8 Å². The van der Waals surface area contributed by atoms with Crippen molar-refractivity contribution in [2.75, 3.05) is 0 Å². The van der Waals surface area contributed by atoms with E-state index in [9.17, 15) is 9.59 Å². The number of nitrogens with zero attached hydrogens (tertiary/aromatic N) is 4. The van der Waals surface area contributed by atoms with Crippen molar-refractivity contribution < 1.29 is 9.59 Å². The molecule has 0 radical (unpaired) electrons. The number of benzene rings is 2. The van der Waals surface area contributed by atoms with Crippen LogP contribution in [-0.2, 0) is 0 Å². The first-order valence-electron chi connectivity index (χ1n) is 9.46. The number of carbonyl (C=O) groups is 2. The SMILES string of the molecule is NC(=O)c1cnc2c(C(N)=O)c(-c3ccc4ccc(-c5ccccc5)nc4c3)nn2c1. The van der Waals surface area contributed by atoms with E-state index in [0.717, 1.165) is 22.2 Å². The van der Waals surface area contributed by atoms with Gasteiger partial charge in [-0.15, -0.1) is 0 Å². The average Bonchev–Trinajstić information content (AvgIpc) is 3.18. The Labute approximate surface area is 176 Å². The maximum Gasteiger partial charge on any atom is 0.254 e. The molecule has 0 bridgehead atoms. The zero-order chi connectivity index (χ0) is 21.5. The van der Waals surface area contributed by atoms with Crippen LogP contribution in [0.4, 0.5) is 0 Å². The van der Waals surface area contributed by atoms with Gasteiger partial charge in [-0.25, -0.2) is 14.5 Å². The van der Waals surface area contributed by atoms with Gasteiger partial charge in [0.2, 0.25) is 0 Å². The fraction of sp³-hybridized carbons (Fsp3) is 0. The molecule has 4 N–H and O–H groups in total. The molecular formula is C23H16N6O2. The van der Waals surface area contributed by atoms with Gasteiger partial charge in [0.25, 0.3) is 11.8 Å². The minimum atomic E-state index is -0.671. The number of nitrogens with two attached hydrogens (primary N) is 2. The first-order chi connectivity index (χ1) is 15.0. The van der Waals surface area contributed by atoms with Crippen LogP contribution in [0.5, 0.6) is 0 Å². The topological polar surface area (TPSA) is 129 Å². The van der Waals surface area contributed by atoms with Gasteiger partial charge in [0.15, 0.2) is 5.65 Å². The number of pyridine rings is 1. The lowest BCUT2D eigenvalue weighted by molar-refractivity contribution is 0.0993. The van der Waals surface area contributed by atoms with Gasteiger partial charge in [0.1, 0.15) is 11.3 Å². The van der Waals surface area contributed by atoms with Gasteiger partial charge in [0, 0.05) is 28.9 Å². The Morgan fingerprint density at radius 2 is 1.65 bits per heavy atom. The highest BCUT2D eigenvalue weighted by Gasteiger charge is 2.21. The Bertz CT molecular complexity index is 1490. The number of carbonyl (C=O) groups excluding carboxylic acids is 2. The van der Waals surface area contributed by atoms with Gasteiger partial charge < -0.3 is 11.5 Å². The highest BCUT2D eigenvalue weighted by atomic mass is 16.1. The van der Waals surface area contributed by atoms with E-state index in [1.54, 1.807) is 0 Å². The molecule has 3 aromatic heterocycles. The molecule has 150 valence electrons. The van der Waals surface area contributed by atoms with Crippen molar-refractivity contribution >= 4 is 28.4 Å². The summed E-state index contributed by atoms with van der Waals surface area (Å²) < 4.78 is 1.34. The van der Waals surface area contributed by atoms with Crippen molar-refractivity contribution in [1.29, 1.82) is 0 Å². The van der Waals surface area contributed by atoms with E-state index in [4.69, 9.17) is 16.5 Å². The molecule has 0 spiro atoms. The molecule has 0 fully saturated rings. The monoisotopic (exact) mass is 408 g/mol. The minimum absolute atomic E-state index is 0.162. The van der Waals surface area contributed by atoms with E-state index >= 15 is 0 Å². The van der Waals surface area contributed by atoms with Crippen LogP contribution < -0.4 is 11.5 Å². The number of primary amides is 2. The van der Waals surface area contributed by atoms with Crippen molar-refractivity contribution in [2.45, 2.75) is 0 Å². The smallest absolute Gasteiger partial charge is 0.254 e. The van der Waals surface area contributed by atoms with Gasteiger partial charge in [-0.2, -0.15) is 5.10 Å². The van der Waals surface area contributed by atoms with Gasteiger partial charge in [-0.3, -0.25) is 9.59 Å². The molecule has 8 heteroatoms. The summed E-state index contributed by atoms with van der Waals surface area (Å²) in [5, 5.41) is 5.40. The summed E-state index contributed by atoms with van der Waals surface area (Å²) in [6.45, 7) is 0. The van der Waals surface area contributed by atoms with E-state index in [2.05, 4.69) is 10.1 Å². The number of amides is 2. The highest BCUT2D eigenvalue weighted by molar-refractivity contribution is 6.05. The summed E-state index contributed by atoms with van der Waals surface area (Å²) in [4.78, 5) is 32.6. The second kappa shape index (κ2) is 7.03. The molecular weight excluding hydrogens is 392 g/mol. The van der Waals surface area contributed by atoms with Crippen LogP contribution in [0.1, 0.15) is 20.7 Å². The van der Waals surface area contributed by atoms with E-state index in [1.165, 1.54) is 16.9 Å². The Balaban J connectivity index is 1.70. The molecule has 0 aliphatic carbocycles. The van der Waals surface area contributed by atoms with Crippen LogP contribution in [0.3, 0.4) is 0 Å². The Morgan fingerprint density at radius 3 is 2.39 bits per heavy atom. The van der Waals surface area contributed by atoms with Crippen molar-refractivity contribution in [2.24, 2.45) is 11.5 Å². The van der Waals surface area contributed by atoms with Crippen molar-refractivity contribution in [3.8, 4) is 22.5 Å². The van der Waals surface area contributed by atoms with Crippen LogP contribution >= 0.6 is 0 Å². The lowest BCUT2D eigenvalue weighted by Gasteiger charge is -2.05. The third-order valence-electron chi connectivity index (χ3n) is 5.04. The highest BCUT2D eigenvalue weighted by Crippen LogP contribution is 2.29. The zero-order valence-electron chi connectivity index (χ0n) is 16.2. The van der Waals surface area contributed by atoms with Crippen molar-refractivity contribution in [3.63, 3.8) is 0 Å². The molecule has 5 aromatic rings. The fourth-order valence-electron chi connectivity index (χ4n) is 3.53. The standard InChI is InChI=1S/C23H16N6O2/c24-21(30)16-11-26-23-19(22(25)31)20(28-29(23)12-16)15-7-6-14-8-9-17(27-18(14)10-15)13-4-2-1-3-5-13/h1-12H,(H2,24,30)(H2,25,31). The van der Waals surface area contributed by atoms with Crippen LogP contribution in [0.15, 0.2) is 73.1 Å². The van der Waals surface area contributed by atoms with E-state index in [1.807, 2.05) is 60.7 Å². The van der Waals surface area contributed by atoms with Gasteiger partial charge in [-0.1, -0.05) is 48.5 Å². The van der Waals surface area contributed by atoms with Crippen molar-refractivity contribution in [3.05, 3.63) is 84.2 Å². The third kappa shape index (κ3) is 3.16. The molecule has 0 aliphatic rings. The second-order valence-electron chi connectivity index (χ2n) is 7.03. The largest absolute Gasteiger partial charge is 0.366 e. The number of rotatable bonds is 4. The van der Waals surface area contributed by atoms with Crippen LogP contribution in [0.2, 0.25) is 0 Å². The van der Waals surface area contributed by atoms with Crippen LogP contribution in [0.25, 0.3) is 39.1 Å². The maximum absolute atomic E-state index is 12.2. The number of hydrogen-bond donors (Lipinski definition) is 2. The summed E-state index contributed by atoms with van der Waals surface area (Å²) in [6, 6.07) is 19.4. The quantitative estimate of drug-likeness (QED) is 0.472. The predicted molar refractivity (Wildman–Crippen MR) is 116 cm³/mol. The summed E-state index contributed by atoms with van der Waals surface area (Å²) in [5.41, 5.74) is 15.1. The minimum Gasteiger partial charge on any atom is -0.366 e. The van der Waals surface area contributed by atoms with Crippen LogP contribution in [-0.4, -0.2) is 31.4 Å². The average molecular weight is 408 g/mol. The van der Waals surface area contributed by atoms with E-state index < -0.39 is 11.8 Å². The first-order valence-corrected chi connectivity index (χ1v) is 9.46. The maximum atomic E-state index is 12.2. The Morgan fingerprint density at radius 1 is 0.871 bits per heavy atom. The summed E-state index contributed by atoms with van der Waals surface area (Å²) in [7, 11) is 0. The molecule has 0 atom stereocenters. The second-order valence-corrected chi connectivity index (χ2v) is 7.03. The molecule has 2 aromatic carbocycles. The summed E-state index contributed by atoms with van der Waals surface area (Å²) in [6.07, 6.45) is 2.72. The molecule has 0 unspecified atom stereocenters. The Kier molecular flexibility index (Phi) is 4.18. The first kappa shape index (κ1) is 18.4. The van der Waals surface area contributed by atoms with Gasteiger partial charge in [-0.05, 0) is 12.1 Å². The summed E-state index contributed by atoms with van der Waals surface area (Å²) >= 11 is 0. The number of aromatic nitrogens is 4. The lowest BCUT2D eigenvalue weighted by Crippen LogP contribution is -2.14. The summed E-state index contributed by atoms with van der Waals surface area (Å²) in [5.74, 6) is -1.31. The third-order valence-corrected chi connectivity index (χ3v) is 5.04. The number of hydrogen-bond acceptors (Lipinski definition) is 5. The number of fused-ring (bicyclic) bond motifs is 2. The molecule has 0 saturated carbocycles. The lowest BCUT2D eigenvalue weighted by atomic mass is 10.0.